The fourth-order valence-electron chi connectivity index (χ4n) is 4.80. The van der Waals surface area contributed by atoms with Crippen LogP contribution >= 0.6 is 11.6 Å². The fraction of sp³-hybridized carbons (Fsp3) is 0.500. The summed E-state index contributed by atoms with van der Waals surface area (Å²) in [5, 5.41) is 3.67. The maximum atomic E-state index is 12.8. The van der Waals surface area contributed by atoms with Crippen molar-refractivity contribution in [2.24, 2.45) is 17.8 Å². The molecule has 2 atom stereocenters. The van der Waals surface area contributed by atoms with Crippen LogP contribution in [0.5, 0.6) is 5.88 Å². The number of likely N-dealkylation sites (tertiary alicyclic amines) is 1. The van der Waals surface area contributed by atoms with E-state index in [4.69, 9.17) is 27.6 Å². The molecular weight excluding hydrogens is 442 g/mol. The van der Waals surface area contributed by atoms with Crippen molar-refractivity contribution in [3.63, 3.8) is 0 Å². The van der Waals surface area contributed by atoms with Gasteiger partial charge in [0.2, 0.25) is 11.8 Å². The first-order chi connectivity index (χ1) is 16.0. The molecular formula is C24H26ClN5O3. The summed E-state index contributed by atoms with van der Waals surface area (Å²) >= 11 is 6.32. The smallest absolute Gasteiger partial charge is 0.225 e. The summed E-state index contributed by atoms with van der Waals surface area (Å²) in [5.74, 6) is 1.84. The van der Waals surface area contributed by atoms with Crippen molar-refractivity contribution >= 4 is 34.7 Å². The predicted octanol–water partition coefficient (Wildman–Crippen LogP) is 4.39. The van der Waals surface area contributed by atoms with Crippen molar-refractivity contribution in [2.75, 3.05) is 31.6 Å². The Kier molecular flexibility index (Phi) is 6.09. The van der Waals surface area contributed by atoms with Gasteiger partial charge in [-0.05, 0) is 31.9 Å². The Morgan fingerprint density at radius 3 is 2.67 bits per heavy atom. The average Bonchev–Trinajstić information content (AvgIpc) is 2.76. The highest BCUT2D eigenvalue weighted by Gasteiger charge is 2.45. The van der Waals surface area contributed by atoms with E-state index in [1.165, 1.54) is 6.33 Å². The predicted molar refractivity (Wildman–Crippen MR) is 124 cm³/mol. The van der Waals surface area contributed by atoms with Crippen molar-refractivity contribution in [3.05, 3.63) is 46.5 Å². The lowest BCUT2D eigenvalue weighted by molar-refractivity contribution is -0.155. The molecule has 1 amide bonds. The normalized spacial score (nSPS) is 24.5. The fourth-order valence-corrected chi connectivity index (χ4v) is 5.02. The second-order valence-electron chi connectivity index (χ2n) is 9.06. The number of nitrogens with zero attached hydrogens (tertiary/aromatic N) is 4. The number of nitrogens with one attached hydrogen (secondary N) is 1. The van der Waals surface area contributed by atoms with Crippen molar-refractivity contribution in [1.29, 1.82) is 0 Å². The molecule has 1 aliphatic carbocycles. The number of amides is 1. The number of ether oxygens (including phenoxy) is 2. The lowest BCUT2D eigenvalue weighted by Gasteiger charge is -2.47. The molecule has 2 aromatic rings. The number of hydrogen-bond donors (Lipinski definition) is 1. The van der Waals surface area contributed by atoms with E-state index in [-0.39, 0.29) is 23.9 Å². The summed E-state index contributed by atoms with van der Waals surface area (Å²) in [5.41, 5.74) is 1.91. The van der Waals surface area contributed by atoms with Gasteiger partial charge in [0.25, 0.3) is 0 Å². The lowest BCUT2D eigenvalue weighted by Crippen LogP contribution is -2.59. The second-order valence-corrected chi connectivity index (χ2v) is 9.47. The third kappa shape index (κ3) is 4.35. The number of carbonyl (C=O) groups excluding carboxylic acids is 1. The van der Waals surface area contributed by atoms with Crippen LogP contribution < -0.4 is 10.1 Å². The zero-order valence-corrected chi connectivity index (χ0v) is 19.2. The van der Waals surface area contributed by atoms with Crippen LogP contribution in [0.1, 0.15) is 24.8 Å². The number of fused-ring (bicyclic) bond motifs is 2. The molecule has 2 bridgehead atoms. The zero-order valence-electron chi connectivity index (χ0n) is 18.5. The number of anilines is 2. The lowest BCUT2D eigenvalue weighted by atomic mass is 9.80. The van der Waals surface area contributed by atoms with E-state index in [1.54, 1.807) is 18.2 Å². The molecule has 2 aliphatic heterocycles. The highest BCUT2D eigenvalue weighted by molar-refractivity contribution is 6.33. The van der Waals surface area contributed by atoms with Crippen molar-refractivity contribution in [1.82, 2.24) is 14.9 Å². The first-order valence-corrected chi connectivity index (χ1v) is 11.7. The Labute approximate surface area is 198 Å². The van der Waals surface area contributed by atoms with Gasteiger partial charge >= 0.3 is 0 Å². The van der Waals surface area contributed by atoms with Crippen LogP contribution in [0, 0.1) is 31.2 Å². The summed E-state index contributed by atoms with van der Waals surface area (Å²) in [4.78, 5) is 27.0. The highest BCUT2D eigenvalue weighted by atomic mass is 35.5. The minimum atomic E-state index is -0.0628. The molecule has 2 saturated heterocycles. The minimum Gasteiger partial charge on any atom is -0.473 e. The molecule has 1 aromatic heterocycles. The summed E-state index contributed by atoms with van der Waals surface area (Å²) < 4.78 is 12.2. The number of benzene rings is 1. The molecule has 3 aliphatic rings. The molecule has 172 valence electrons. The van der Waals surface area contributed by atoms with E-state index in [0.29, 0.717) is 60.3 Å². The van der Waals surface area contributed by atoms with Gasteiger partial charge in [0.05, 0.1) is 36.1 Å². The van der Waals surface area contributed by atoms with E-state index in [2.05, 4.69) is 20.1 Å². The maximum absolute atomic E-state index is 12.8. The Morgan fingerprint density at radius 1 is 1.27 bits per heavy atom. The van der Waals surface area contributed by atoms with E-state index >= 15 is 0 Å². The summed E-state index contributed by atoms with van der Waals surface area (Å²) in [6, 6.07) is 5.08. The zero-order chi connectivity index (χ0) is 22.9. The number of piperidine rings is 1. The van der Waals surface area contributed by atoms with Crippen LogP contribution in [-0.2, 0) is 9.53 Å². The van der Waals surface area contributed by atoms with Crippen LogP contribution in [0.25, 0.3) is 4.85 Å². The summed E-state index contributed by atoms with van der Waals surface area (Å²) in [6.07, 6.45) is 4.59. The van der Waals surface area contributed by atoms with E-state index < -0.39 is 0 Å². The van der Waals surface area contributed by atoms with Gasteiger partial charge in [-0.25, -0.2) is 14.8 Å². The van der Waals surface area contributed by atoms with E-state index in [0.717, 1.165) is 24.8 Å². The maximum Gasteiger partial charge on any atom is 0.225 e. The third-order valence-corrected chi connectivity index (χ3v) is 7.20. The number of aromatic nitrogens is 2. The van der Waals surface area contributed by atoms with Crippen LogP contribution in [0.15, 0.2) is 24.5 Å². The van der Waals surface area contributed by atoms with Gasteiger partial charge < -0.3 is 19.7 Å². The highest BCUT2D eigenvalue weighted by Crippen LogP contribution is 2.36. The molecule has 5 rings (SSSR count). The Balaban J connectivity index is 1.31. The topological polar surface area (TPSA) is 80.9 Å². The van der Waals surface area contributed by atoms with Crippen molar-refractivity contribution in [2.45, 2.75) is 32.3 Å². The minimum absolute atomic E-state index is 0.0628. The number of hydrogen-bond acceptors (Lipinski definition) is 6. The standard InChI is InChI=1S/C24H26ClN5O3/c1-14-22(29-20-7-6-18(26-2)8-19(20)25)27-13-28-23(14)33-21-16-9-30(10-17(21)12-32-11-16)24(31)15-4-3-5-15/h6-8,13,15-17,21H,3-5,9-12H2,1H3,(H,27,28,29). The third-order valence-electron chi connectivity index (χ3n) is 6.89. The molecule has 1 saturated carbocycles. The Morgan fingerprint density at radius 2 is 2.03 bits per heavy atom. The van der Waals surface area contributed by atoms with Gasteiger partial charge in [0.1, 0.15) is 18.2 Å². The van der Waals surface area contributed by atoms with Crippen LogP contribution in [-0.4, -0.2) is 53.2 Å². The van der Waals surface area contributed by atoms with Crippen molar-refractivity contribution < 1.29 is 14.3 Å². The number of rotatable bonds is 5. The largest absolute Gasteiger partial charge is 0.473 e. The molecule has 1 aromatic carbocycles. The second kappa shape index (κ2) is 9.16. The number of carbonyl (C=O) groups is 1. The monoisotopic (exact) mass is 467 g/mol. The van der Waals surface area contributed by atoms with Gasteiger partial charge in [-0.3, -0.25) is 4.79 Å². The first-order valence-electron chi connectivity index (χ1n) is 11.3. The molecule has 3 heterocycles. The van der Waals surface area contributed by atoms with Crippen LogP contribution in [0.3, 0.4) is 0 Å². The summed E-state index contributed by atoms with van der Waals surface area (Å²) in [6.45, 7) is 11.5. The van der Waals surface area contributed by atoms with Gasteiger partial charge in [0.15, 0.2) is 5.69 Å². The van der Waals surface area contributed by atoms with Crippen LogP contribution in [0.2, 0.25) is 5.02 Å². The Bertz CT molecular complexity index is 1090. The molecule has 1 N–H and O–H groups in total. The molecule has 0 spiro atoms. The van der Waals surface area contributed by atoms with Gasteiger partial charge in [-0.15, -0.1) is 0 Å². The van der Waals surface area contributed by atoms with Crippen molar-refractivity contribution in [3.8, 4) is 5.88 Å². The molecule has 3 fully saturated rings. The molecule has 2 unspecified atom stereocenters. The van der Waals surface area contributed by atoms with Gasteiger partial charge in [-0.2, -0.15) is 0 Å². The first kappa shape index (κ1) is 21.9. The summed E-state index contributed by atoms with van der Waals surface area (Å²) in [7, 11) is 0. The Hall–Kier alpha value is -2.89. The van der Waals surface area contributed by atoms with Crippen LogP contribution in [0.4, 0.5) is 17.2 Å². The number of halogens is 1. The molecule has 9 heteroatoms. The average molecular weight is 468 g/mol. The van der Waals surface area contributed by atoms with E-state index in [9.17, 15) is 4.79 Å². The molecule has 8 nitrogen and oxygen atoms in total. The van der Waals surface area contributed by atoms with Gasteiger partial charge in [0, 0.05) is 30.8 Å². The molecule has 33 heavy (non-hydrogen) atoms. The van der Waals surface area contributed by atoms with E-state index in [1.807, 2.05) is 11.8 Å². The SMILES string of the molecule is [C-]#[N+]c1ccc(Nc2ncnc(OC3C4COCC3CN(C(=O)C3CCC3)C4)c2C)c(Cl)c1. The molecule has 0 radical (unpaired) electrons. The van der Waals surface area contributed by atoms with Gasteiger partial charge in [-0.1, -0.05) is 24.1 Å². The quantitative estimate of drug-likeness (QED) is 0.657.